The number of allylic oxidation sites excluding steroid dienone is 3. The van der Waals surface area contributed by atoms with Crippen LogP contribution in [0, 0.1) is 0 Å². The summed E-state index contributed by atoms with van der Waals surface area (Å²) in [6, 6.07) is -0.216. The monoisotopic (exact) mass is 222 g/mol. The second kappa shape index (κ2) is 4.73. The maximum absolute atomic E-state index is 14.4. The molecule has 1 saturated heterocycles. The molecule has 0 aromatic carbocycles. The van der Waals surface area contributed by atoms with Gasteiger partial charge in [-0.1, -0.05) is 12.2 Å². The van der Waals surface area contributed by atoms with Gasteiger partial charge in [0, 0.05) is 25.8 Å². The molecule has 0 saturated carbocycles. The van der Waals surface area contributed by atoms with Crippen molar-refractivity contribution in [2.24, 2.45) is 0 Å². The van der Waals surface area contributed by atoms with Crippen LogP contribution in [-0.4, -0.2) is 36.0 Å². The van der Waals surface area contributed by atoms with Crippen LogP contribution in [0.5, 0.6) is 0 Å². The first-order valence-corrected chi connectivity index (χ1v) is 5.94. The van der Waals surface area contributed by atoms with Crippen molar-refractivity contribution in [1.82, 2.24) is 9.80 Å². The second-order valence-electron chi connectivity index (χ2n) is 4.31. The van der Waals surface area contributed by atoms with Gasteiger partial charge in [-0.15, -0.1) is 0 Å². The molecule has 0 amide bonds. The van der Waals surface area contributed by atoms with Crippen LogP contribution >= 0.6 is 0 Å². The Morgan fingerprint density at radius 2 is 2.31 bits per heavy atom. The Bertz CT molecular complexity index is 344. The van der Waals surface area contributed by atoms with Crippen molar-refractivity contribution < 1.29 is 4.39 Å². The van der Waals surface area contributed by atoms with Crippen LogP contribution in [0.2, 0.25) is 0 Å². The summed E-state index contributed by atoms with van der Waals surface area (Å²) in [5.74, 6) is 0.0162. The summed E-state index contributed by atoms with van der Waals surface area (Å²) in [4.78, 5) is 4.06. The first-order chi connectivity index (χ1) is 7.74. The van der Waals surface area contributed by atoms with Crippen LogP contribution in [0.4, 0.5) is 4.39 Å². The quantitative estimate of drug-likeness (QED) is 0.708. The van der Waals surface area contributed by atoms with Gasteiger partial charge < -0.3 is 9.80 Å². The number of likely N-dealkylation sites (N-methyl/N-ethyl adjacent to an activating group) is 1. The van der Waals surface area contributed by atoms with Crippen molar-refractivity contribution in [1.29, 1.82) is 0 Å². The van der Waals surface area contributed by atoms with Gasteiger partial charge in [-0.05, 0) is 32.0 Å². The minimum absolute atomic E-state index is 0.0162. The minimum Gasteiger partial charge on any atom is -0.373 e. The number of hydrogen-bond donors (Lipinski definition) is 0. The third-order valence-electron chi connectivity index (χ3n) is 3.30. The summed E-state index contributed by atoms with van der Waals surface area (Å²) in [6.07, 6.45) is 9.62. The lowest BCUT2D eigenvalue weighted by Gasteiger charge is -2.28. The number of hydrogen-bond acceptors (Lipinski definition) is 2. The molecule has 1 unspecified atom stereocenters. The van der Waals surface area contributed by atoms with Gasteiger partial charge in [-0.3, -0.25) is 0 Å². The van der Waals surface area contributed by atoms with Crippen molar-refractivity contribution in [3.05, 3.63) is 36.0 Å². The highest BCUT2D eigenvalue weighted by Crippen LogP contribution is 2.29. The Balaban J connectivity index is 2.22. The molecule has 88 valence electrons. The fraction of sp³-hybridized carbons (Fsp3) is 0.538. The lowest BCUT2D eigenvalue weighted by Crippen LogP contribution is -2.30. The highest BCUT2D eigenvalue weighted by atomic mass is 19.1. The van der Waals surface area contributed by atoms with E-state index in [1.165, 1.54) is 0 Å². The summed E-state index contributed by atoms with van der Waals surface area (Å²) < 4.78 is 14.4. The molecule has 2 aliphatic heterocycles. The SMILES string of the molecule is CCN1CCCC1=C(F)C1C=CC=CN1C. The van der Waals surface area contributed by atoms with Crippen LogP contribution < -0.4 is 0 Å². The fourth-order valence-corrected chi connectivity index (χ4v) is 2.37. The third-order valence-corrected chi connectivity index (χ3v) is 3.30. The van der Waals surface area contributed by atoms with Gasteiger partial charge in [0.1, 0.15) is 11.9 Å². The van der Waals surface area contributed by atoms with Gasteiger partial charge in [0.25, 0.3) is 0 Å². The molecule has 3 heteroatoms. The molecule has 1 atom stereocenters. The van der Waals surface area contributed by atoms with Crippen molar-refractivity contribution in [3.63, 3.8) is 0 Å². The number of likely N-dealkylation sites (tertiary alicyclic amines) is 1. The molecule has 0 aliphatic carbocycles. The third kappa shape index (κ3) is 1.99. The Morgan fingerprint density at radius 3 is 3.00 bits per heavy atom. The predicted octanol–water partition coefficient (Wildman–Crippen LogP) is 2.67. The molecule has 0 bridgehead atoms. The molecule has 2 heterocycles. The first-order valence-electron chi connectivity index (χ1n) is 5.94. The van der Waals surface area contributed by atoms with E-state index in [0.29, 0.717) is 0 Å². The summed E-state index contributed by atoms with van der Waals surface area (Å²) in [5, 5.41) is 0. The molecule has 16 heavy (non-hydrogen) atoms. The zero-order valence-electron chi connectivity index (χ0n) is 9.99. The van der Waals surface area contributed by atoms with E-state index >= 15 is 0 Å². The van der Waals surface area contributed by atoms with Crippen molar-refractivity contribution in [2.45, 2.75) is 25.8 Å². The van der Waals surface area contributed by atoms with Crippen LogP contribution in [-0.2, 0) is 0 Å². The second-order valence-corrected chi connectivity index (χ2v) is 4.31. The fourth-order valence-electron chi connectivity index (χ4n) is 2.37. The van der Waals surface area contributed by atoms with Crippen LogP contribution in [0.1, 0.15) is 19.8 Å². The number of nitrogens with zero attached hydrogens (tertiary/aromatic N) is 2. The standard InChI is InChI=1S/C13H19FN2/c1-3-16-10-6-8-12(16)13(14)11-7-4-5-9-15(11)2/h4-5,7,9,11H,3,6,8,10H2,1-2H3. The molecule has 0 radical (unpaired) electrons. The largest absolute Gasteiger partial charge is 0.373 e. The molecule has 2 aliphatic rings. The van der Waals surface area contributed by atoms with E-state index in [2.05, 4.69) is 11.8 Å². The van der Waals surface area contributed by atoms with Crippen LogP contribution in [0.3, 0.4) is 0 Å². The summed E-state index contributed by atoms with van der Waals surface area (Å²) in [7, 11) is 1.91. The van der Waals surface area contributed by atoms with Crippen molar-refractivity contribution in [3.8, 4) is 0 Å². The lowest BCUT2D eigenvalue weighted by atomic mass is 10.1. The van der Waals surface area contributed by atoms with E-state index in [1.54, 1.807) is 0 Å². The Hall–Kier alpha value is -1.25. The molecule has 2 nitrogen and oxygen atoms in total. The average Bonchev–Trinajstić information content (AvgIpc) is 2.77. The number of halogens is 1. The number of rotatable bonds is 2. The highest BCUT2D eigenvalue weighted by molar-refractivity contribution is 5.26. The maximum Gasteiger partial charge on any atom is 0.145 e. The van der Waals surface area contributed by atoms with Crippen molar-refractivity contribution >= 4 is 0 Å². The minimum atomic E-state index is -0.216. The van der Waals surface area contributed by atoms with E-state index < -0.39 is 0 Å². The van der Waals surface area contributed by atoms with Crippen LogP contribution in [0.25, 0.3) is 0 Å². The van der Waals surface area contributed by atoms with E-state index in [-0.39, 0.29) is 11.9 Å². The van der Waals surface area contributed by atoms with E-state index in [1.807, 2.05) is 36.4 Å². The summed E-state index contributed by atoms with van der Waals surface area (Å²) >= 11 is 0. The van der Waals surface area contributed by atoms with E-state index in [0.717, 1.165) is 31.6 Å². The van der Waals surface area contributed by atoms with Gasteiger partial charge in [0.15, 0.2) is 0 Å². The van der Waals surface area contributed by atoms with Gasteiger partial charge in [-0.2, -0.15) is 0 Å². The smallest absolute Gasteiger partial charge is 0.145 e. The summed E-state index contributed by atoms with van der Waals surface area (Å²) in [5.41, 5.74) is 0.902. The zero-order valence-corrected chi connectivity index (χ0v) is 9.99. The van der Waals surface area contributed by atoms with Gasteiger partial charge in [0.2, 0.25) is 0 Å². The average molecular weight is 222 g/mol. The van der Waals surface area contributed by atoms with E-state index in [9.17, 15) is 4.39 Å². The van der Waals surface area contributed by atoms with Crippen molar-refractivity contribution in [2.75, 3.05) is 20.1 Å². The maximum atomic E-state index is 14.4. The molecule has 0 spiro atoms. The van der Waals surface area contributed by atoms with Gasteiger partial charge >= 0.3 is 0 Å². The lowest BCUT2D eigenvalue weighted by molar-refractivity contribution is 0.334. The normalized spacial score (nSPS) is 27.8. The molecule has 2 rings (SSSR count). The Labute approximate surface area is 96.7 Å². The summed E-state index contributed by atoms with van der Waals surface area (Å²) in [6.45, 7) is 3.98. The van der Waals surface area contributed by atoms with Crippen LogP contribution in [0.15, 0.2) is 36.0 Å². The molecule has 1 fully saturated rings. The highest BCUT2D eigenvalue weighted by Gasteiger charge is 2.25. The Kier molecular flexibility index (Phi) is 3.32. The zero-order chi connectivity index (χ0) is 11.5. The topological polar surface area (TPSA) is 6.48 Å². The molecular formula is C13H19FN2. The van der Waals surface area contributed by atoms with Gasteiger partial charge in [0.05, 0.1) is 0 Å². The van der Waals surface area contributed by atoms with Gasteiger partial charge in [-0.25, -0.2) is 4.39 Å². The predicted molar refractivity (Wildman–Crippen MR) is 64.4 cm³/mol. The molecule has 0 aromatic rings. The molecule has 0 N–H and O–H groups in total. The Morgan fingerprint density at radius 1 is 1.50 bits per heavy atom. The first kappa shape index (κ1) is 11.2. The molecular weight excluding hydrogens is 203 g/mol. The molecule has 0 aromatic heterocycles. The van der Waals surface area contributed by atoms with E-state index in [4.69, 9.17) is 0 Å².